The first-order valence-corrected chi connectivity index (χ1v) is 8.79. The molecule has 0 radical (unpaired) electrons. The molecular weight excluding hydrogens is 347 g/mol. The molecule has 0 heterocycles. The normalized spacial score (nSPS) is 11.2. The second-order valence-electron chi connectivity index (χ2n) is 6.07. The van der Waals surface area contributed by atoms with Gasteiger partial charge >= 0.3 is 5.97 Å². The quantitative estimate of drug-likeness (QED) is 0.379. The lowest BCUT2D eigenvalue weighted by Gasteiger charge is -2.13. The Hall–Kier alpha value is -2.95. The first-order chi connectivity index (χ1) is 12.9. The molecule has 0 aliphatic carbocycles. The van der Waals surface area contributed by atoms with E-state index in [1.165, 1.54) is 6.08 Å². The Balaban J connectivity index is 2.11. The number of rotatable bonds is 8. The number of Topliss-reactive ketones (excluding diaryl/α,β-unsaturated/α-hetero) is 1. The molecule has 2 rings (SSSR count). The number of carbonyl (C=O) groups is 2. The lowest BCUT2D eigenvalue weighted by Crippen LogP contribution is -2.10. The Morgan fingerprint density at radius 1 is 1.07 bits per heavy atom. The van der Waals surface area contributed by atoms with Crippen LogP contribution in [0.1, 0.15) is 40.4 Å². The van der Waals surface area contributed by atoms with Crippen LogP contribution in [0.2, 0.25) is 0 Å². The van der Waals surface area contributed by atoms with Gasteiger partial charge in [0.15, 0.2) is 5.83 Å². The molecule has 0 fully saturated rings. The standard InChI is InChI=1S/C22H23FO4/c1-4-26-20(24)10-11-27-22-15(2)12-17(13-16(22)3)14-19(23)21(25)18-8-6-5-7-9-18/h5-9,12-14H,4,10-11H2,1-3H3/b19-14-. The molecule has 0 saturated carbocycles. The van der Waals surface area contributed by atoms with Crippen molar-refractivity contribution in [2.75, 3.05) is 13.2 Å². The van der Waals surface area contributed by atoms with E-state index in [9.17, 15) is 14.0 Å². The maximum atomic E-state index is 14.3. The van der Waals surface area contributed by atoms with E-state index in [2.05, 4.69) is 0 Å². The maximum Gasteiger partial charge on any atom is 0.309 e. The molecule has 0 aliphatic rings. The molecule has 27 heavy (non-hydrogen) atoms. The number of allylic oxidation sites excluding steroid dienone is 1. The Kier molecular flexibility index (Phi) is 7.29. The van der Waals surface area contributed by atoms with Gasteiger partial charge in [-0.05, 0) is 55.7 Å². The van der Waals surface area contributed by atoms with Crippen molar-refractivity contribution in [2.45, 2.75) is 27.2 Å². The minimum atomic E-state index is -0.823. The predicted molar refractivity (Wildman–Crippen MR) is 103 cm³/mol. The molecule has 5 heteroatoms. The third kappa shape index (κ3) is 5.78. The molecule has 0 saturated heterocycles. The average Bonchev–Trinajstić information content (AvgIpc) is 2.64. The number of halogens is 1. The van der Waals surface area contributed by atoms with E-state index >= 15 is 0 Å². The van der Waals surface area contributed by atoms with Crippen molar-refractivity contribution in [3.05, 3.63) is 70.5 Å². The summed E-state index contributed by atoms with van der Waals surface area (Å²) < 4.78 is 24.9. The van der Waals surface area contributed by atoms with Crippen LogP contribution >= 0.6 is 0 Å². The van der Waals surface area contributed by atoms with Gasteiger partial charge in [-0.3, -0.25) is 9.59 Å². The van der Waals surface area contributed by atoms with Crippen LogP contribution in [0.25, 0.3) is 6.08 Å². The fourth-order valence-corrected chi connectivity index (χ4v) is 2.70. The van der Waals surface area contributed by atoms with Gasteiger partial charge in [-0.2, -0.15) is 0 Å². The first-order valence-electron chi connectivity index (χ1n) is 8.79. The summed E-state index contributed by atoms with van der Waals surface area (Å²) in [5.41, 5.74) is 2.47. The first kappa shape index (κ1) is 20.4. The summed E-state index contributed by atoms with van der Waals surface area (Å²) in [4.78, 5) is 23.5. The number of carbonyl (C=O) groups excluding carboxylic acids is 2. The van der Waals surface area contributed by atoms with Crippen molar-refractivity contribution in [2.24, 2.45) is 0 Å². The molecule has 0 atom stereocenters. The van der Waals surface area contributed by atoms with Crippen LogP contribution in [0.4, 0.5) is 4.39 Å². The topological polar surface area (TPSA) is 52.6 Å². The van der Waals surface area contributed by atoms with Crippen LogP contribution < -0.4 is 4.74 Å². The fourth-order valence-electron chi connectivity index (χ4n) is 2.70. The zero-order valence-corrected chi connectivity index (χ0v) is 15.8. The second kappa shape index (κ2) is 9.67. The molecule has 0 aromatic heterocycles. The minimum absolute atomic E-state index is 0.161. The van der Waals surface area contributed by atoms with Gasteiger partial charge in [-0.15, -0.1) is 0 Å². The summed E-state index contributed by atoms with van der Waals surface area (Å²) in [6.45, 7) is 5.96. The lowest BCUT2D eigenvalue weighted by molar-refractivity contribution is -0.143. The van der Waals surface area contributed by atoms with Crippen LogP contribution in [0, 0.1) is 13.8 Å². The molecule has 2 aromatic carbocycles. The number of hydrogen-bond acceptors (Lipinski definition) is 4. The van der Waals surface area contributed by atoms with Crippen molar-refractivity contribution >= 4 is 17.8 Å². The van der Waals surface area contributed by atoms with Gasteiger partial charge < -0.3 is 9.47 Å². The van der Waals surface area contributed by atoms with E-state index in [-0.39, 0.29) is 19.0 Å². The van der Waals surface area contributed by atoms with Gasteiger partial charge in [-0.1, -0.05) is 30.3 Å². The zero-order chi connectivity index (χ0) is 19.8. The zero-order valence-electron chi connectivity index (χ0n) is 15.8. The van der Waals surface area contributed by atoms with Crippen LogP contribution in [0.3, 0.4) is 0 Å². The lowest BCUT2D eigenvalue weighted by atomic mass is 10.0. The molecule has 0 bridgehead atoms. The Morgan fingerprint density at radius 3 is 2.30 bits per heavy atom. The van der Waals surface area contributed by atoms with Gasteiger partial charge in [-0.25, -0.2) is 4.39 Å². The van der Waals surface area contributed by atoms with Crippen LogP contribution in [0.15, 0.2) is 48.3 Å². The third-order valence-electron chi connectivity index (χ3n) is 3.89. The van der Waals surface area contributed by atoms with Crippen molar-refractivity contribution in [3.63, 3.8) is 0 Å². The number of benzene rings is 2. The average molecular weight is 370 g/mol. The van der Waals surface area contributed by atoms with E-state index < -0.39 is 11.6 Å². The molecule has 0 N–H and O–H groups in total. The smallest absolute Gasteiger partial charge is 0.309 e. The van der Waals surface area contributed by atoms with E-state index in [0.29, 0.717) is 23.5 Å². The highest BCUT2D eigenvalue weighted by Crippen LogP contribution is 2.26. The van der Waals surface area contributed by atoms with E-state index in [0.717, 1.165) is 11.1 Å². The molecular formula is C22H23FO4. The van der Waals surface area contributed by atoms with Crippen LogP contribution in [-0.2, 0) is 9.53 Å². The monoisotopic (exact) mass is 370 g/mol. The van der Waals surface area contributed by atoms with Gasteiger partial charge in [0.05, 0.1) is 19.6 Å². The largest absolute Gasteiger partial charge is 0.492 e. The predicted octanol–water partition coefficient (Wildman–Crippen LogP) is 4.83. The minimum Gasteiger partial charge on any atom is -0.492 e. The Labute approximate surface area is 158 Å². The van der Waals surface area contributed by atoms with Crippen molar-refractivity contribution < 1.29 is 23.5 Å². The van der Waals surface area contributed by atoms with Gasteiger partial charge in [0.2, 0.25) is 5.78 Å². The molecule has 0 aliphatic heterocycles. The second-order valence-corrected chi connectivity index (χ2v) is 6.07. The molecule has 142 valence electrons. The summed E-state index contributed by atoms with van der Waals surface area (Å²) >= 11 is 0. The highest BCUT2D eigenvalue weighted by molar-refractivity contribution is 6.09. The van der Waals surface area contributed by atoms with E-state index in [1.54, 1.807) is 49.4 Å². The Bertz CT molecular complexity index is 818. The molecule has 0 unspecified atom stereocenters. The van der Waals surface area contributed by atoms with E-state index in [4.69, 9.17) is 9.47 Å². The Morgan fingerprint density at radius 2 is 1.70 bits per heavy atom. The van der Waals surface area contributed by atoms with Crippen molar-refractivity contribution in [1.82, 2.24) is 0 Å². The van der Waals surface area contributed by atoms with Gasteiger partial charge in [0, 0.05) is 5.56 Å². The van der Waals surface area contributed by atoms with Gasteiger partial charge in [0.25, 0.3) is 0 Å². The number of hydrogen-bond donors (Lipinski definition) is 0. The highest BCUT2D eigenvalue weighted by Gasteiger charge is 2.13. The number of esters is 1. The number of aryl methyl sites for hydroxylation is 2. The molecule has 0 amide bonds. The SMILES string of the molecule is CCOC(=O)CCOc1c(C)cc(/C=C(\F)C(=O)c2ccccc2)cc1C. The van der Waals surface area contributed by atoms with Crippen LogP contribution in [0.5, 0.6) is 5.75 Å². The van der Waals surface area contributed by atoms with Gasteiger partial charge in [0.1, 0.15) is 5.75 Å². The maximum absolute atomic E-state index is 14.3. The van der Waals surface area contributed by atoms with Crippen LogP contribution in [-0.4, -0.2) is 25.0 Å². The van der Waals surface area contributed by atoms with E-state index in [1.807, 2.05) is 13.8 Å². The molecule has 4 nitrogen and oxygen atoms in total. The third-order valence-corrected chi connectivity index (χ3v) is 3.89. The number of ether oxygens (including phenoxy) is 2. The summed E-state index contributed by atoms with van der Waals surface area (Å²) in [6, 6.07) is 11.8. The summed E-state index contributed by atoms with van der Waals surface area (Å²) in [7, 11) is 0. The molecule has 2 aromatic rings. The highest BCUT2D eigenvalue weighted by atomic mass is 19.1. The summed E-state index contributed by atoms with van der Waals surface area (Å²) in [6.07, 6.45) is 1.38. The summed E-state index contributed by atoms with van der Waals surface area (Å²) in [5, 5.41) is 0. The summed E-state index contributed by atoms with van der Waals surface area (Å²) in [5.74, 6) is -1.14. The molecule has 0 spiro atoms. The van der Waals surface area contributed by atoms with Crippen molar-refractivity contribution in [3.8, 4) is 5.75 Å². The van der Waals surface area contributed by atoms with Crippen molar-refractivity contribution in [1.29, 1.82) is 0 Å². The fraction of sp³-hybridized carbons (Fsp3) is 0.273. The number of ketones is 1.